The lowest BCUT2D eigenvalue weighted by atomic mass is 10.3. The summed E-state index contributed by atoms with van der Waals surface area (Å²) in [6.07, 6.45) is 0.960. The first-order valence-electron chi connectivity index (χ1n) is 4.59. The highest BCUT2D eigenvalue weighted by atomic mass is 79.9. The Morgan fingerprint density at radius 3 is 3.07 bits per heavy atom. The van der Waals surface area contributed by atoms with Crippen molar-refractivity contribution in [3.05, 3.63) is 22.0 Å². The molecule has 0 aliphatic carbocycles. The third-order valence-corrected chi connectivity index (χ3v) is 2.66. The van der Waals surface area contributed by atoms with Crippen molar-refractivity contribution in [2.24, 2.45) is 0 Å². The lowest BCUT2D eigenvalue weighted by Gasteiger charge is -2.05. The standard InChI is InChI=1S/C10H9BrClNO2/c1-2-3-14-8-5-9-7(4-6(8)11)13-10(12)15-9/h4-5H,2-3H2,1H3. The molecule has 80 valence electrons. The number of rotatable bonds is 3. The maximum absolute atomic E-state index is 5.66. The third kappa shape index (κ3) is 2.26. The molecule has 0 fully saturated rings. The molecule has 0 radical (unpaired) electrons. The van der Waals surface area contributed by atoms with Crippen molar-refractivity contribution in [2.45, 2.75) is 13.3 Å². The third-order valence-electron chi connectivity index (χ3n) is 1.88. The van der Waals surface area contributed by atoms with Crippen LogP contribution in [0.5, 0.6) is 5.75 Å². The molecule has 0 amide bonds. The van der Waals surface area contributed by atoms with Crippen molar-refractivity contribution >= 4 is 38.6 Å². The van der Waals surface area contributed by atoms with Crippen molar-refractivity contribution in [1.29, 1.82) is 0 Å². The summed E-state index contributed by atoms with van der Waals surface area (Å²) < 4.78 is 11.6. The van der Waals surface area contributed by atoms with Crippen LogP contribution in [0.3, 0.4) is 0 Å². The fraction of sp³-hybridized carbons (Fsp3) is 0.300. The van der Waals surface area contributed by atoms with Crippen LogP contribution in [-0.2, 0) is 0 Å². The van der Waals surface area contributed by atoms with Gasteiger partial charge in [-0.15, -0.1) is 0 Å². The molecule has 0 saturated carbocycles. The van der Waals surface area contributed by atoms with E-state index in [1.807, 2.05) is 6.07 Å². The normalized spacial score (nSPS) is 10.9. The number of aromatic nitrogens is 1. The van der Waals surface area contributed by atoms with Crippen LogP contribution in [0.25, 0.3) is 11.1 Å². The lowest BCUT2D eigenvalue weighted by molar-refractivity contribution is 0.315. The van der Waals surface area contributed by atoms with Crippen LogP contribution in [-0.4, -0.2) is 11.6 Å². The number of benzene rings is 1. The Labute approximate surface area is 101 Å². The van der Waals surface area contributed by atoms with Gasteiger partial charge in [0.2, 0.25) is 0 Å². The van der Waals surface area contributed by atoms with E-state index in [2.05, 4.69) is 27.8 Å². The van der Waals surface area contributed by atoms with Crippen molar-refractivity contribution in [3.8, 4) is 5.75 Å². The van der Waals surface area contributed by atoms with Crippen molar-refractivity contribution in [1.82, 2.24) is 4.98 Å². The molecule has 0 aliphatic heterocycles. The Morgan fingerprint density at radius 2 is 2.33 bits per heavy atom. The van der Waals surface area contributed by atoms with Crippen molar-refractivity contribution in [2.75, 3.05) is 6.61 Å². The minimum Gasteiger partial charge on any atom is -0.492 e. The molecule has 5 heteroatoms. The Bertz CT molecular complexity index is 483. The molecule has 2 aromatic rings. The summed E-state index contributed by atoms with van der Waals surface area (Å²) in [5.41, 5.74) is 1.35. The van der Waals surface area contributed by atoms with E-state index in [9.17, 15) is 0 Å². The van der Waals surface area contributed by atoms with Gasteiger partial charge in [-0.1, -0.05) is 6.92 Å². The quantitative estimate of drug-likeness (QED) is 0.856. The van der Waals surface area contributed by atoms with Gasteiger partial charge in [0.25, 0.3) is 5.35 Å². The zero-order chi connectivity index (χ0) is 10.8. The molecule has 0 bridgehead atoms. The monoisotopic (exact) mass is 289 g/mol. The van der Waals surface area contributed by atoms with Crippen molar-refractivity contribution < 1.29 is 9.15 Å². The Hall–Kier alpha value is -0.740. The van der Waals surface area contributed by atoms with E-state index < -0.39 is 0 Å². The number of halogens is 2. The van der Waals surface area contributed by atoms with Gasteiger partial charge >= 0.3 is 0 Å². The molecule has 0 unspecified atom stereocenters. The summed E-state index contributed by atoms with van der Waals surface area (Å²) in [7, 11) is 0. The predicted octanol–water partition coefficient (Wildman–Crippen LogP) is 4.03. The maximum atomic E-state index is 5.66. The van der Waals surface area contributed by atoms with Crippen LogP contribution in [0.2, 0.25) is 5.35 Å². The highest BCUT2D eigenvalue weighted by Crippen LogP contribution is 2.31. The molecule has 0 saturated heterocycles. The first-order valence-corrected chi connectivity index (χ1v) is 5.76. The number of nitrogens with zero attached hydrogens (tertiary/aromatic N) is 1. The van der Waals surface area contributed by atoms with E-state index >= 15 is 0 Å². The van der Waals surface area contributed by atoms with E-state index in [1.165, 1.54) is 0 Å². The first kappa shape index (κ1) is 10.8. The summed E-state index contributed by atoms with van der Waals surface area (Å²) >= 11 is 9.07. The van der Waals surface area contributed by atoms with E-state index in [0.717, 1.165) is 22.2 Å². The van der Waals surface area contributed by atoms with Gasteiger partial charge in [0.1, 0.15) is 11.3 Å². The van der Waals surface area contributed by atoms with Crippen LogP contribution in [0.1, 0.15) is 13.3 Å². The predicted molar refractivity (Wildman–Crippen MR) is 62.5 cm³/mol. The van der Waals surface area contributed by atoms with Gasteiger partial charge in [0.05, 0.1) is 11.1 Å². The maximum Gasteiger partial charge on any atom is 0.293 e. The molecule has 3 nitrogen and oxygen atoms in total. The van der Waals surface area contributed by atoms with Crippen LogP contribution in [0.4, 0.5) is 0 Å². The molecule has 2 rings (SSSR count). The molecule has 15 heavy (non-hydrogen) atoms. The Morgan fingerprint density at radius 1 is 1.53 bits per heavy atom. The molecule has 1 aromatic heterocycles. The lowest BCUT2D eigenvalue weighted by Crippen LogP contribution is -1.95. The zero-order valence-electron chi connectivity index (χ0n) is 8.09. The van der Waals surface area contributed by atoms with Gasteiger partial charge in [0, 0.05) is 6.07 Å². The van der Waals surface area contributed by atoms with E-state index in [4.69, 9.17) is 20.8 Å². The Balaban J connectivity index is 2.42. The molecule has 0 atom stereocenters. The molecule has 0 N–H and O–H groups in total. The van der Waals surface area contributed by atoms with Gasteiger partial charge in [-0.2, -0.15) is 4.98 Å². The van der Waals surface area contributed by atoms with Crippen LogP contribution < -0.4 is 4.74 Å². The second-order valence-corrected chi connectivity index (χ2v) is 4.24. The summed E-state index contributed by atoms with van der Waals surface area (Å²) in [4.78, 5) is 4.01. The van der Waals surface area contributed by atoms with E-state index in [0.29, 0.717) is 12.2 Å². The number of hydrogen-bond donors (Lipinski definition) is 0. The van der Waals surface area contributed by atoms with Crippen LogP contribution in [0.15, 0.2) is 21.0 Å². The summed E-state index contributed by atoms with van der Waals surface area (Å²) in [5, 5.41) is 0.143. The Kier molecular flexibility index (Phi) is 3.17. The number of oxazole rings is 1. The number of hydrogen-bond acceptors (Lipinski definition) is 3. The molecule has 1 aromatic carbocycles. The topological polar surface area (TPSA) is 35.3 Å². The van der Waals surface area contributed by atoms with Crippen molar-refractivity contribution in [3.63, 3.8) is 0 Å². The number of ether oxygens (including phenoxy) is 1. The molecule has 1 heterocycles. The highest BCUT2D eigenvalue weighted by Gasteiger charge is 2.09. The smallest absolute Gasteiger partial charge is 0.293 e. The second-order valence-electron chi connectivity index (χ2n) is 3.07. The summed E-state index contributed by atoms with van der Waals surface area (Å²) in [5.74, 6) is 0.747. The fourth-order valence-electron chi connectivity index (χ4n) is 1.22. The summed E-state index contributed by atoms with van der Waals surface area (Å²) in [6.45, 7) is 2.73. The van der Waals surface area contributed by atoms with Gasteiger partial charge in [-0.25, -0.2) is 0 Å². The number of fused-ring (bicyclic) bond motifs is 1. The minimum atomic E-state index is 0.143. The zero-order valence-corrected chi connectivity index (χ0v) is 10.4. The summed E-state index contributed by atoms with van der Waals surface area (Å²) in [6, 6.07) is 3.61. The van der Waals surface area contributed by atoms with Crippen LogP contribution >= 0.6 is 27.5 Å². The SMILES string of the molecule is CCCOc1cc2oc(Cl)nc2cc1Br. The van der Waals surface area contributed by atoms with Gasteiger partial charge < -0.3 is 9.15 Å². The average molecular weight is 291 g/mol. The largest absolute Gasteiger partial charge is 0.492 e. The van der Waals surface area contributed by atoms with E-state index in [-0.39, 0.29) is 5.35 Å². The molecular formula is C10H9BrClNO2. The van der Waals surface area contributed by atoms with Gasteiger partial charge in [-0.3, -0.25) is 0 Å². The molecular weight excluding hydrogens is 281 g/mol. The highest BCUT2D eigenvalue weighted by molar-refractivity contribution is 9.10. The molecule has 0 spiro atoms. The second kappa shape index (κ2) is 4.41. The average Bonchev–Trinajstić information content (AvgIpc) is 2.53. The van der Waals surface area contributed by atoms with E-state index in [1.54, 1.807) is 6.07 Å². The minimum absolute atomic E-state index is 0.143. The fourth-order valence-corrected chi connectivity index (χ4v) is 1.84. The van der Waals surface area contributed by atoms with Gasteiger partial charge in [0.15, 0.2) is 5.58 Å². The van der Waals surface area contributed by atoms with Crippen LogP contribution in [0, 0.1) is 0 Å². The molecule has 0 aliphatic rings. The van der Waals surface area contributed by atoms with Gasteiger partial charge in [-0.05, 0) is 40.0 Å². The first-order chi connectivity index (χ1) is 7.20.